The van der Waals surface area contributed by atoms with Crippen molar-refractivity contribution in [1.29, 1.82) is 0 Å². The first-order valence-electron chi connectivity index (χ1n) is 6.91. The number of hydrogen-bond donors (Lipinski definition) is 1. The van der Waals surface area contributed by atoms with Crippen LogP contribution in [0.4, 0.5) is 5.69 Å². The monoisotopic (exact) mass is 391 g/mol. The molecule has 0 unspecified atom stereocenters. The van der Waals surface area contributed by atoms with Crippen LogP contribution in [0.25, 0.3) is 0 Å². The number of nitrogens with zero attached hydrogens (tertiary/aromatic N) is 2. The van der Waals surface area contributed by atoms with Crippen LogP contribution in [0, 0.1) is 17.0 Å². The van der Waals surface area contributed by atoms with Gasteiger partial charge >= 0.3 is 0 Å². The normalized spacial score (nSPS) is 10.6. The fourth-order valence-corrected chi connectivity index (χ4v) is 2.21. The van der Waals surface area contributed by atoms with Gasteiger partial charge in [0.1, 0.15) is 5.75 Å². The summed E-state index contributed by atoms with van der Waals surface area (Å²) in [7, 11) is 0. The Labute approximate surface area is 146 Å². The van der Waals surface area contributed by atoms with E-state index in [4.69, 9.17) is 4.74 Å². The Kier molecular flexibility index (Phi) is 6.02. The summed E-state index contributed by atoms with van der Waals surface area (Å²) in [6.45, 7) is 1.72. The SMILES string of the molecule is Cc1ccc(/C=N/NC(=O)COc2ccc([N+](=O)[O-])cc2Br)cc1. The first-order valence-corrected chi connectivity index (χ1v) is 7.70. The minimum atomic E-state index is -0.513. The van der Waals surface area contributed by atoms with Gasteiger partial charge in [-0.25, -0.2) is 5.43 Å². The first-order chi connectivity index (χ1) is 11.5. The number of ether oxygens (including phenoxy) is 1. The molecule has 2 rings (SSSR count). The number of non-ortho nitro benzene ring substituents is 1. The van der Waals surface area contributed by atoms with Crippen LogP contribution >= 0.6 is 15.9 Å². The number of halogens is 1. The molecule has 0 aliphatic heterocycles. The molecule has 0 atom stereocenters. The van der Waals surface area contributed by atoms with Gasteiger partial charge in [0.25, 0.3) is 11.6 Å². The molecule has 124 valence electrons. The second kappa shape index (κ2) is 8.21. The lowest BCUT2D eigenvalue weighted by Gasteiger charge is -2.06. The van der Waals surface area contributed by atoms with Gasteiger partial charge in [0.05, 0.1) is 15.6 Å². The van der Waals surface area contributed by atoms with Gasteiger partial charge in [-0.05, 0) is 34.5 Å². The number of rotatable bonds is 6. The van der Waals surface area contributed by atoms with Crippen molar-refractivity contribution in [2.24, 2.45) is 5.10 Å². The van der Waals surface area contributed by atoms with E-state index in [0.29, 0.717) is 10.2 Å². The van der Waals surface area contributed by atoms with Crippen molar-refractivity contribution in [3.63, 3.8) is 0 Å². The molecule has 0 aliphatic carbocycles. The van der Waals surface area contributed by atoms with E-state index in [1.54, 1.807) is 0 Å². The lowest BCUT2D eigenvalue weighted by molar-refractivity contribution is -0.384. The lowest BCUT2D eigenvalue weighted by atomic mass is 10.2. The molecule has 0 fully saturated rings. The van der Waals surface area contributed by atoms with Gasteiger partial charge in [-0.15, -0.1) is 0 Å². The number of hydrazone groups is 1. The highest BCUT2D eigenvalue weighted by Crippen LogP contribution is 2.28. The molecule has 2 aromatic rings. The predicted molar refractivity (Wildman–Crippen MR) is 93.2 cm³/mol. The average Bonchev–Trinajstić information content (AvgIpc) is 2.55. The third-order valence-electron chi connectivity index (χ3n) is 2.97. The standard InChI is InChI=1S/C16H14BrN3O4/c1-11-2-4-12(5-3-11)9-18-19-16(21)10-24-15-7-6-13(20(22)23)8-14(15)17/h2-9H,10H2,1H3,(H,19,21)/b18-9+. The van der Waals surface area contributed by atoms with Crippen LogP contribution < -0.4 is 10.2 Å². The van der Waals surface area contributed by atoms with Gasteiger partial charge in [0.15, 0.2) is 6.61 Å². The van der Waals surface area contributed by atoms with Gasteiger partial charge in [0, 0.05) is 12.1 Å². The van der Waals surface area contributed by atoms with Crippen molar-refractivity contribution in [1.82, 2.24) is 5.43 Å². The second-order valence-corrected chi connectivity index (χ2v) is 5.72. The predicted octanol–water partition coefficient (Wildman–Crippen LogP) is 3.19. The number of carbonyl (C=O) groups excluding carboxylic acids is 1. The molecule has 0 saturated heterocycles. The van der Waals surface area contributed by atoms with Gasteiger partial charge in [-0.2, -0.15) is 5.10 Å². The zero-order valence-electron chi connectivity index (χ0n) is 12.7. The van der Waals surface area contributed by atoms with Crippen LogP contribution in [0.2, 0.25) is 0 Å². The number of carbonyl (C=O) groups is 1. The lowest BCUT2D eigenvalue weighted by Crippen LogP contribution is -2.24. The third-order valence-corrected chi connectivity index (χ3v) is 3.58. The van der Waals surface area contributed by atoms with E-state index in [9.17, 15) is 14.9 Å². The summed E-state index contributed by atoms with van der Waals surface area (Å²) in [5, 5.41) is 14.5. The van der Waals surface area contributed by atoms with Crippen molar-refractivity contribution >= 4 is 33.7 Å². The molecule has 0 bridgehead atoms. The van der Waals surface area contributed by atoms with Crippen molar-refractivity contribution < 1.29 is 14.5 Å². The maximum absolute atomic E-state index is 11.7. The van der Waals surface area contributed by atoms with Gasteiger partial charge in [-0.3, -0.25) is 14.9 Å². The molecule has 0 heterocycles. The summed E-state index contributed by atoms with van der Waals surface area (Å²) in [6.07, 6.45) is 1.53. The van der Waals surface area contributed by atoms with Crippen LogP contribution in [0.3, 0.4) is 0 Å². The number of nitrogens with one attached hydrogen (secondary N) is 1. The fourth-order valence-electron chi connectivity index (χ4n) is 1.73. The van der Waals surface area contributed by atoms with Crippen LogP contribution in [-0.4, -0.2) is 23.7 Å². The molecule has 8 heteroatoms. The number of nitro benzene ring substituents is 1. The fraction of sp³-hybridized carbons (Fsp3) is 0.125. The molecule has 0 saturated carbocycles. The summed E-state index contributed by atoms with van der Waals surface area (Å²) in [6, 6.07) is 11.7. The number of amides is 1. The van der Waals surface area contributed by atoms with Crippen LogP contribution in [0.5, 0.6) is 5.75 Å². The Balaban J connectivity index is 1.85. The Morgan fingerprint density at radius 1 is 1.33 bits per heavy atom. The molecule has 0 aliphatic rings. The maximum Gasteiger partial charge on any atom is 0.277 e. The largest absolute Gasteiger partial charge is 0.483 e. The summed E-state index contributed by atoms with van der Waals surface area (Å²) >= 11 is 3.16. The highest BCUT2D eigenvalue weighted by Gasteiger charge is 2.11. The highest BCUT2D eigenvalue weighted by molar-refractivity contribution is 9.10. The summed E-state index contributed by atoms with van der Waals surface area (Å²) in [5.74, 6) is -0.109. The van der Waals surface area contributed by atoms with E-state index in [-0.39, 0.29) is 12.3 Å². The second-order valence-electron chi connectivity index (χ2n) is 4.86. The van der Waals surface area contributed by atoms with Gasteiger partial charge < -0.3 is 4.74 Å². The van der Waals surface area contributed by atoms with Crippen molar-refractivity contribution in [3.05, 3.63) is 68.2 Å². The first kappa shape index (κ1) is 17.6. The number of benzene rings is 2. The zero-order chi connectivity index (χ0) is 17.5. The molecule has 24 heavy (non-hydrogen) atoms. The van der Waals surface area contributed by atoms with Crippen LogP contribution in [0.15, 0.2) is 52.0 Å². The number of hydrogen-bond acceptors (Lipinski definition) is 5. The Morgan fingerprint density at radius 3 is 2.67 bits per heavy atom. The highest BCUT2D eigenvalue weighted by atomic mass is 79.9. The van der Waals surface area contributed by atoms with E-state index in [1.165, 1.54) is 24.4 Å². The Hall–Kier alpha value is -2.74. The maximum atomic E-state index is 11.7. The summed E-state index contributed by atoms with van der Waals surface area (Å²) < 4.78 is 5.69. The Bertz CT molecular complexity index is 775. The molecule has 7 nitrogen and oxygen atoms in total. The third kappa shape index (κ3) is 5.17. The van der Waals surface area contributed by atoms with Crippen molar-refractivity contribution in [2.45, 2.75) is 6.92 Å². The van der Waals surface area contributed by atoms with E-state index >= 15 is 0 Å². The van der Waals surface area contributed by atoms with Crippen molar-refractivity contribution in [2.75, 3.05) is 6.61 Å². The molecule has 1 amide bonds. The molecular weight excluding hydrogens is 378 g/mol. The van der Waals surface area contributed by atoms with Crippen LogP contribution in [0.1, 0.15) is 11.1 Å². The minimum Gasteiger partial charge on any atom is -0.483 e. The summed E-state index contributed by atoms with van der Waals surface area (Å²) in [5.41, 5.74) is 4.28. The summed E-state index contributed by atoms with van der Waals surface area (Å²) in [4.78, 5) is 21.8. The topological polar surface area (TPSA) is 93.8 Å². The van der Waals surface area contributed by atoms with E-state index in [1.807, 2.05) is 31.2 Å². The van der Waals surface area contributed by atoms with Crippen molar-refractivity contribution in [3.8, 4) is 5.75 Å². The van der Waals surface area contributed by atoms with Gasteiger partial charge in [0.2, 0.25) is 0 Å². The van der Waals surface area contributed by atoms with Gasteiger partial charge in [-0.1, -0.05) is 29.8 Å². The zero-order valence-corrected chi connectivity index (χ0v) is 14.3. The average molecular weight is 392 g/mol. The molecule has 2 aromatic carbocycles. The number of aryl methyl sites for hydroxylation is 1. The van der Waals surface area contributed by atoms with E-state index in [0.717, 1.165) is 11.1 Å². The Morgan fingerprint density at radius 2 is 2.04 bits per heavy atom. The molecule has 0 radical (unpaired) electrons. The number of nitro groups is 1. The van der Waals surface area contributed by atoms with E-state index < -0.39 is 10.8 Å². The quantitative estimate of drug-likeness (QED) is 0.464. The molecular formula is C16H14BrN3O4. The molecule has 0 aromatic heterocycles. The smallest absolute Gasteiger partial charge is 0.277 e. The van der Waals surface area contributed by atoms with Crippen LogP contribution in [-0.2, 0) is 4.79 Å². The van der Waals surface area contributed by atoms with E-state index in [2.05, 4.69) is 26.5 Å². The molecule has 0 spiro atoms. The molecule has 1 N–H and O–H groups in total. The minimum absolute atomic E-state index is 0.0682.